The average Bonchev–Trinajstić information content (AvgIpc) is 2.33. The molecule has 0 saturated carbocycles. The first-order chi connectivity index (χ1) is 8.24. The van der Waals surface area contributed by atoms with Crippen molar-refractivity contribution in [3.05, 3.63) is 34.9 Å². The minimum absolute atomic E-state index is 0.481. The summed E-state index contributed by atoms with van der Waals surface area (Å²) in [5, 5.41) is 3.18. The standard InChI is InChI=1S/C14H21ClN2/c1-12(16-17-9-3-2-4-10-17)11-13-5-7-14(15)8-6-13/h5-8,12,16H,2-4,9-11H2,1H3. The molecular weight excluding hydrogens is 232 g/mol. The van der Waals surface area contributed by atoms with Crippen molar-refractivity contribution in [1.82, 2.24) is 10.4 Å². The maximum atomic E-state index is 5.88. The van der Waals surface area contributed by atoms with E-state index in [0.717, 1.165) is 11.4 Å². The molecule has 17 heavy (non-hydrogen) atoms. The fourth-order valence-electron chi connectivity index (χ4n) is 2.35. The summed E-state index contributed by atoms with van der Waals surface area (Å²) in [7, 11) is 0. The van der Waals surface area contributed by atoms with E-state index in [2.05, 4.69) is 29.5 Å². The van der Waals surface area contributed by atoms with Crippen LogP contribution in [-0.4, -0.2) is 24.1 Å². The molecule has 1 fully saturated rings. The van der Waals surface area contributed by atoms with Gasteiger partial charge >= 0.3 is 0 Å². The quantitative estimate of drug-likeness (QED) is 0.885. The van der Waals surface area contributed by atoms with Gasteiger partial charge in [0, 0.05) is 24.2 Å². The summed E-state index contributed by atoms with van der Waals surface area (Å²) in [4.78, 5) is 0. The molecule has 1 aliphatic rings. The smallest absolute Gasteiger partial charge is 0.0406 e. The maximum absolute atomic E-state index is 5.88. The molecular formula is C14H21ClN2. The number of nitrogens with zero attached hydrogens (tertiary/aromatic N) is 1. The number of rotatable bonds is 4. The second-order valence-corrected chi connectivity index (χ2v) is 5.34. The minimum atomic E-state index is 0.481. The molecule has 0 spiro atoms. The molecule has 0 amide bonds. The Morgan fingerprint density at radius 1 is 1.18 bits per heavy atom. The molecule has 0 radical (unpaired) electrons. The van der Waals surface area contributed by atoms with Gasteiger partial charge in [-0.05, 0) is 43.9 Å². The van der Waals surface area contributed by atoms with Gasteiger partial charge in [0.05, 0.1) is 0 Å². The molecule has 0 aromatic heterocycles. The van der Waals surface area contributed by atoms with Crippen LogP contribution < -0.4 is 5.43 Å². The van der Waals surface area contributed by atoms with Gasteiger partial charge in [-0.1, -0.05) is 30.2 Å². The van der Waals surface area contributed by atoms with Crippen molar-refractivity contribution >= 4 is 11.6 Å². The molecule has 1 unspecified atom stereocenters. The second kappa shape index (κ2) is 6.39. The highest BCUT2D eigenvalue weighted by Crippen LogP contribution is 2.12. The summed E-state index contributed by atoms with van der Waals surface area (Å²) in [5.74, 6) is 0. The van der Waals surface area contributed by atoms with E-state index in [-0.39, 0.29) is 0 Å². The average molecular weight is 253 g/mol. The Morgan fingerprint density at radius 3 is 2.47 bits per heavy atom. The van der Waals surface area contributed by atoms with E-state index >= 15 is 0 Å². The van der Waals surface area contributed by atoms with Crippen LogP contribution in [0.3, 0.4) is 0 Å². The Morgan fingerprint density at radius 2 is 1.82 bits per heavy atom. The van der Waals surface area contributed by atoms with Gasteiger partial charge in [-0.2, -0.15) is 0 Å². The molecule has 94 valence electrons. The van der Waals surface area contributed by atoms with E-state index in [1.807, 2.05) is 12.1 Å². The summed E-state index contributed by atoms with van der Waals surface area (Å²) in [6.07, 6.45) is 5.07. The number of hydrogen-bond donors (Lipinski definition) is 1. The van der Waals surface area contributed by atoms with Gasteiger partial charge in [0.15, 0.2) is 0 Å². The molecule has 1 saturated heterocycles. The predicted octanol–water partition coefficient (Wildman–Crippen LogP) is 3.26. The van der Waals surface area contributed by atoms with Crippen molar-refractivity contribution in [1.29, 1.82) is 0 Å². The highest BCUT2D eigenvalue weighted by molar-refractivity contribution is 6.30. The lowest BCUT2D eigenvalue weighted by Crippen LogP contribution is -2.46. The number of halogens is 1. The van der Waals surface area contributed by atoms with Gasteiger partial charge in [-0.3, -0.25) is 5.43 Å². The molecule has 2 rings (SSSR count). The Kier molecular flexibility index (Phi) is 4.84. The molecule has 0 bridgehead atoms. The fourth-order valence-corrected chi connectivity index (χ4v) is 2.48. The lowest BCUT2D eigenvalue weighted by Gasteiger charge is -2.30. The maximum Gasteiger partial charge on any atom is 0.0406 e. The van der Waals surface area contributed by atoms with Gasteiger partial charge in [0.25, 0.3) is 0 Å². The molecule has 2 nitrogen and oxygen atoms in total. The Hall–Kier alpha value is -0.570. The van der Waals surface area contributed by atoms with Gasteiger partial charge in [0.1, 0.15) is 0 Å². The van der Waals surface area contributed by atoms with Crippen LogP contribution >= 0.6 is 11.6 Å². The van der Waals surface area contributed by atoms with E-state index in [1.54, 1.807) is 0 Å². The molecule has 1 heterocycles. The van der Waals surface area contributed by atoms with Crippen LogP contribution in [0.4, 0.5) is 0 Å². The Balaban J connectivity index is 1.79. The van der Waals surface area contributed by atoms with Crippen LogP contribution in [0.1, 0.15) is 31.7 Å². The van der Waals surface area contributed by atoms with Gasteiger partial charge < -0.3 is 0 Å². The lowest BCUT2D eigenvalue weighted by molar-refractivity contribution is 0.132. The number of hydrazine groups is 1. The minimum Gasteiger partial charge on any atom is -0.252 e. The van der Waals surface area contributed by atoms with E-state index in [9.17, 15) is 0 Å². The number of piperidine rings is 1. The third-order valence-corrected chi connectivity index (χ3v) is 3.47. The van der Waals surface area contributed by atoms with Gasteiger partial charge in [-0.15, -0.1) is 0 Å². The second-order valence-electron chi connectivity index (χ2n) is 4.91. The first-order valence-electron chi connectivity index (χ1n) is 6.49. The summed E-state index contributed by atoms with van der Waals surface area (Å²) >= 11 is 5.88. The third-order valence-electron chi connectivity index (χ3n) is 3.21. The first kappa shape index (κ1) is 12.9. The number of nitrogens with one attached hydrogen (secondary N) is 1. The molecule has 1 aromatic rings. The van der Waals surface area contributed by atoms with Crippen molar-refractivity contribution in [2.75, 3.05) is 13.1 Å². The van der Waals surface area contributed by atoms with Crippen LogP contribution in [0, 0.1) is 0 Å². The molecule has 1 N–H and O–H groups in total. The van der Waals surface area contributed by atoms with Crippen molar-refractivity contribution in [2.24, 2.45) is 0 Å². The van der Waals surface area contributed by atoms with E-state index < -0.39 is 0 Å². The van der Waals surface area contributed by atoms with Gasteiger partial charge in [-0.25, -0.2) is 5.01 Å². The Labute approximate surface area is 109 Å². The van der Waals surface area contributed by atoms with Crippen LogP contribution in [0.25, 0.3) is 0 Å². The summed E-state index contributed by atoms with van der Waals surface area (Å²) in [6, 6.07) is 8.62. The highest BCUT2D eigenvalue weighted by atomic mass is 35.5. The summed E-state index contributed by atoms with van der Waals surface area (Å²) in [5.41, 5.74) is 4.92. The molecule has 1 aromatic carbocycles. The van der Waals surface area contributed by atoms with Crippen molar-refractivity contribution < 1.29 is 0 Å². The SMILES string of the molecule is CC(Cc1ccc(Cl)cc1)NN1CCCCC1. The van der Waals surface area contributed by atoms with E-state index in [4.69, 9.17) is 11.6 Å². The lowest BCUT2D eigenvalue weighted by atomic mass is 10.1. The Bertz CT molecular complexity index is 331. The zero-order chi connectivity index (χ0) is 12.1. The van der Waals surface area contributed by atoms with Crippen LogP contribution in [0.15, 0.2) is 24.3 Å². The number of benzene rings is 1. The molecule has 0 aliphatic carbocycles. The monoisotopic (exact) mass is 252 g/mol. The summed E-state index contributed by atoms with van der Waals surface area (Å²) < 4.78 is 0. The molecule has 1 atom stereocenters. The third kappa shape index (κ3) is 4.30. The van der Waals surface area contributed by atoms with Crippen LogP contribution in [0.2, 0.25) is 5.02 Å². The fraction of sp³-hybridized carbons (Fsp3) is 0.571. The zero-order valence-electron chi connectivity index (χ0n) is 10.5. The first-order valence-corrected chi connectivity index (χ1v) is 6.87. The van der Waals surface area contributed by atoms with Crippen molar-refractivity contribution in [3.63, 3.8) is 0 Å². The number of hydrogen-bond acceptors (Lipinski definition) is 2. The van der Waals surface area contributed by atoms with Crippen LogP contribution in [0.5, 0.6) is 0 Å². The summed E-state index contributed by atoms with van der Waals surface area (Å²) in [6.45, 7) is 4.61. The zero-order valence-corrected chi connectivity index (χ0v) is 11.2. The van der Waals surface area contributed by atoms with Crippen molar-refractivity contribution in [2.45, 2.75) is 38.6 Å². The topological polar surface area (TPSA) is 15.3 Å². The van der Waals surface area contributed by atoms with Gasteiger partial charge in [0.2, 0.25) is 0 Å². The molecule has 1 aliphatic heterocycles. The molecule has 3 heteroatoms. The van der Waals surface area contributed by atoms with Crippen LogP contribution in [-0.2, 0) is 6.42 Å². The van der Waals surface area contributed by atoms with E-state index in [0.29, 0.717) is 6.04 Å². The predicted molar refractivity (Wildman–Crippen MR) is 73.2 cm³/mol. The van der Waals surface area contributed by atoms with Crippen molar-refractivity contribution in [3.8, 4) is 0 Å². The normalized spacial score (nSPS) is 19.2. The van der Waals surface area contributed by atoms with E-state index in [1.165, 1.54) is 37.9 Å². The largest absolute Gasteiger partial charge is 0.252 e. The highest BCUT2D eigenvalue weighted by Gasteiger charge is 2.12.